The Bertz CT molecular complexity index is 1500. The number of ether oxygens (including phenoxy) is 1. The van der Waals surface area contributed by atoms with Crippen LogP contribution in [0, 0.1) is 19.7 Å². The van der Waals surface area contributed by atoms with Gasteiger partial charge in [0.15, 0.2) is 5.82 Å². The number of aromatic nitrogens is 5. The number of pyridine rings is 1. The van der Waals surface area contributed by atoms with Crippen molar-refractivity contribution in [3.8, 4) is 0 Å². The average Bonchev–Trinajstić information content (AvgIpc) is 3.61. The zero-order chi connectivity index (χ0) is 26.2. The molecule has 0 unspecified atom stereocenters. The fourth-order valence-corrected chi connectivity index (χ4v) is 5.74. The molecule has 0 radical (unpaired) electrons. The average molecular weight is 518 g/mol. The van der Waals surface area contributed by atoms with Crippen molar-refractivity contribution in [2.24, 2.45) is 0 Å². The van der Waals surface area contributed by atoms with E-state index in [1.165, 1.54) is 6.07 Å². The highest BCUT2D eigenvalue weighted by Crippen LogP contribution is 2.31. The third-order valence-corrected chi connectivity index (χ3v) is 7.84. The predicted octanol–water partition coefficient (Wildman–Crippen LogP) is 3.36. The molecule has 198 valence electrons. The highest BCUT2D eigenvalue weighted by Gasteiger charge is 2.34. The molecule has 0 saturated carbocycles. The van der Waals surface area contributed by atoms with Crippen molar-refractivity contribution in [1.29, 1.82) is 0 Å². The third-order valence-electron chi connectivity index (χ3n) is 7.84. The van der Waals surface area contributed by atoms with Gasteiger partial charge in [0.25, 0.3) is 5.56 Å². The summed E-state index contributed by atoms with van der Waals surface area (Å²) in [6, 6.07) is 12.5. The van der Waals surface area contributed by atoms with Crippen molar-refractivity contribution in [3.63, 3.8) is 0 Å². The predicted molar refractivity (Wildman–Crippen MR) is 143 cm³/mol. The van der Waals surface area contributed by atoms with Gasteiger partial charge < -0.3 is 14.6 Å². The minimum absolute atomic E-state index is 0.0515. The number of aromatic amines is 1. The molecule has 2 aliphatic rings. The van der Waals surface area contributed by atoms with Gasteiger partial charge in [-0.3, -0.25) is 9.69 Å². The van der Waals surface area contributed by atoms with Gasteiger partial charge in [-0.25, -0.2) is 9.07 Å². The molecule has 0 spiro atoms. The summed E-state index contributed by atoms with van der Waals surface area (Å²) in [5.41, 5.74) is 4.01. The summed E-state index contributed by atoms with van der Waals surface area (Å²) in [4.78, 5) is 21.0. The fraction of sp³-hybridized carbons (Fsp3) is 0.429. The van der Waals surface area contributed by atoms with Gasteiger partial charge in [-0.1, -0.05) is 24.3 Å². The van der Waals surface area contributed by atoms with Crippen LogP contribution < -0.4 is 10.5 Å². The van der Waals surface area contributed by atoms with Gasteiger partial charge in [0.1, 0.15) is 11.9 Å². The highest BCUT2D eigenvalue weighted by molar-refractivity contribution is 5.85. The number of nitrogens with one attached hydrogen (secondary N) is 1. The van der Waals surface area contributed by atoms with Crippen LogP contribution in [0.3, 0.4) is 0 Å². The topological polar surface area (TPSA) is 92.2 Å². The number of para-hydroxylation sites is 1. The van der Waals surface area contributed by atoms with Crippen LogP contribution in [0.5, 0.6) is 0 Å². The largest absolute Gasteiger partial charge is 0.376 e. The van der Waals surface area contributed by atoms with Crippen molar-refractivity contribution < 1.29 is 9.13 Å². The molecule has 2 aromatic carbocycles. The van der Waals surface area contributed by atoms with Gasteiger partial charge >= 0.3 is 0 Å². The molecule has 1 N–H and O–H groups in total. The van der Waals surface area contributed by atoms with Crippen molar-refractivity contribution in [2.45, 2.75) is 45.4 Å². The van der Waals surface area contributed by atoms with Gasteiger partial charge in [-0.15, -0.1) is 5.10 Å². The number of tetrazole rings is 1. The molecular weight excluding hydrogens is 485 g/mol. The summed E-state index contributed by atoms with van der Waals surface area (Å²) >= 11 is 0. The quantitative estimate of drug-likeness (QED) is 0.419. The van der Waals surface area contributed by atoms with Crippen LogP contribution in [0.25, 0.3) is 10.9 Å². The van der Waals surface area contributed by atoms with Crippen LogP contribution in [-0.2, 0) is 11.3 Å². The molecule has 4 heterocycles. The molecule has 2 fully saturated rings. The van der Waals surface area contributed by atoms with Crippen molar-refractivity contribution >= 4 is 16.6 Å². The second kappa shape index (κ2) is 10.3. The van der Waals surface area contributed by atoms with E-state index in [1.54, 1.807) is 10.7 Å². The Morgan fingerprint density at radius 3 is 2.66 bits per heavy atom. The van der Waals surface area contributed by atoms with E-state index in [0.717, 1.165) is 41.5 Å². The molecule has 2 atom stereocenters. The number of nitrogens with zero attached hydrogens (tertiary/aromatic N) is 6. The molecule has 10 heteroatoms. The zero-order valence-corrected chi connectivity index (χ0v) is 21.7. The minimum Gasteiger partial charge on any atom is -0.376 e. The molecule has 9 nitrogen and oxygen atoms in total. The molecular formula is C28H32FN7O2. The fourth-order valence-electron chi connectivity index (χ4n) is 5.74. The molecule has 6 rings (SSSR count). The molecule has 38 heavy (non-hydrogen) atoms. The van der Waals surface area contributed by atoms with Crippen molar-refractivity contribution in [2.75, 3.05) is 37.7 Å². The Morgan fingerprint density at radius 1 is 1.11 bits per heavy atom. The highest BCUT2D eigenvalue weighted by atomic mass is 19.1. The second-order valence-corrected chi connectivity index (χ2v) is 10.3. The van der Waals surface area contributed by atoms with Gasteiger partial charge in [0.05, 0.1) is 23.9 Å². The number of H-pyrrole nitrogens is 1. The standard InChI is InChI=1S/C28H32FN7O2/c1-18-9-10-19(2)25-21(18)16-22(28(37)30-25)26(27-31-32-33-36(27)17-20-6-5-15-38-20)35-13-11-34(12-14-35)24-8-4-3-7-23(24)29/h3-4,7-10,16,20,26H,5-6,11-15,17H2,1-2H3,(H,30,37)/t20-,26+/m0/s1. The first-order valence-corrected chi connectivity index (χ1v) is 13.2. The lowest BCUT2D eigenvalue weighted by atomic mass is 9.99. The Morgan fingerprint density at radius 2 is 1.89 bits per heavy atom. The Kier molecular flexibility index (Phi) is 6.67. The number of halogens is 1. The van der Waals surface area contributed by atoms with E-state index in [1.807, 2.05) is 38.1 Å². The van der Waals surface area contributed by atoms with E-state index in [2.05, 4.69) is 36.4 Å². The van der Waals surface area contributed by atoms with Crippen LogP contribution in [0.15, 0.2) is 47.3 Å². The Balaban J connectivity index is 1.39. The summed E-state index contributed by atoms with van der Waals surface area (Å²) in [5.74, 6) is 0.393. The van der Waals surface area contributed by atoms with Crippen molar-refractivity contribution in [1.82, 2.24) is 30.1 Å². The number of fused-ring (bicyclic) bond motifs is 1. The molecule has 0 aliphatic carbocycles. The monoisotopic (exact) mass is 517 g/mol. The molecule has 0 bridgehead atoms. The van der Waals surface area contributed by atoms with Gasteiger partial charge in [-0.2, -0.15) is 0 Å². The number of rotatable bonds is 6. The summed E-state index contributed by atoms with van der Waals surface area (Å²) in [6.07, 6.45) is 2.03. The van der Waals surface area contributed by atoms with Crippen molar-refractivity contribution in [3.05, 3.63) is 81.2 Å². The van der Waals surface area contributed by atoms with Gasteiger partial charge in [0.2, 0.25) is 0 Å². The van der Waals surface area contributed by atoms with Crippen LogP contribution in [0.1, 0.15) is 41.4 Å². The first kappa shape index (κ1) is 24.7. The summed E-state index contributed by atoms with van der Waals surface area (Å²) < 4.78 is 22.1. The zero-order valence-electron chi connectivity index (χ0n) is 21.7. The maximum absolute atomic E-state index is 14.5. The number of anilines is 1. The van der Waals surface area contributed by atoms with E-state index in [4.69, 9.17) is 4.74 Å². The number of hydrogen-bond donors (Lipinski definition) is 1. The first-order valence-electron chi connectivity index (χ1n) is 13.2. The SMILES string of the molecule is Cc1ccc(C)c2[nH]c(=O)c([C@H](c3nnnn3C[C@@H]3CCCO3)N3CCN(c4ccccc4F)CC3)cc12. The Labute approximate surface area is 220 Å². The van der Waals surface area contributed by atoms with Crippen LogP contribution >= 0.6 is 0 Å². The van der Waals surface area contributed by atoms with E-state index >= 15 is 0 Å². The first-order chi connectivity index (χ1) is 18.5. The minimum atomic E-state index is -0.456. The lowest BCUT2D eigenvalue weighted by Crippen LogP contribution is -2.49. The van der Waals surface area contributed by atoms with E-state index in [0.29, 0.717) is 49.8 Å². The number of aryl methyl sites for hydroxylation is 2. The van der Waals surface area contributed by atoms with Gasteiger partial charge in [0, 0.05) is 43.7 Å². The molecule has 2 saturated heterocycles. The summed E-state index contributed by atoms with van der Waals surface area (Å²) in [6.45, 7) is 7.81. The normalized spacial score (nSPS) is 19.3. The smallest absolute Gasteiger partial charge is 0.253 e. The van der Waals surface area contributed by atoms with E-state index < -0.39 is 6.04 Å². The van der Waals surface area contributed by atoms with E-state index in [-0.39, 0.29) is 17.5 Å². The summed E-state index contributed by atoms with van der Waals surface area (Å²) in [7, 11) is 0. The molecule has 0 amide bonds. The number of benzene rings is 2. The number of piperazine rings is 1. The van der Waals surface area contributed by atoms with Crippen LogP contribution in [-0.4, -0.2) is 69.0 Å². The van der Waals surface area contributed by atoms with Crippen LogP contribution in [0.4, 0.5) is 10.1 Å². The lowest BCUT2D eigenvalue weighted by molar-refractivity contribution is 0.0906. The maximum atomic E-state index is 14.5. The molecule has 2 aromatic heterocycles. The van der Waals surface area contributed by atoms with Crippen LogP contribution in [0.2, 0.25) is 0 Å². The second-order valence-electron chi connectivity index (χ2n) is 10.3. The van der Waals surface area contributed by atoms with Gasteiger partial charge in [-0.05, 0) is 66.4 Å². The third kappa shape index (κ3) is 4.58. The molecule has 2 aliphatic heterocycles. The summed E-state index contributed by atoms with van der Waals surface area (Å²) in [5, 5.41) is 13.8. The Hall–Kier alpha value is -3.63. The van der Waals surface area contributed by atoms with E-state index in [9.17, 15) is 9.18 Å². The molecule has 4 aromatic rings. The number of hydrogen-bond acceptors (Lipinski definition) is 7. The maximum Gasteiger partial charge on any atom is 0.253 e. The lowest BCUT2D eigenvalue weighted by Gasteiger charge is -2.39.